The molecule has 0 spiro atoms. The van der Waals surface area contributed by atoms with Gasteiger partial charge in [-0.15, -0.1) is 0 Å². The second-order valence-corrected chi connectivity index (χ2v) is 9.07. The lowest BCUT2D eigenvalue weighted by atomic mass is 10.0. The predicted molar refractivity (Wildman–Crippen MR) is 170 cm³/mol. The number of Topliss-reactive ketones (excluding diaryl/α,β-unsaturated/α-hetero) is 1. The second-order valence-electron chi connectivity index (χ2n) is 9.07. The van der Waals surface area contributed by atoms with Crippen LogP contribution in [0.15, 0.2) is 71.1 Å². The molecule has 0 aliphatic rings. The molecule has 2 aromatic carbocycles. The lowest BCUT2D eigenvalue weighted by Crippen LogP contribution is -2.01. The largest absolute Gasteiger partial charge is 0.501 e. The van der Waals surface area contributed by atoms with Crippen LogP contribution in [0.5, 0.6) is 0 Å². The van der Waals surface area contributed by atoms with Gasteiger partial charge in [0.1, 0.15) is 11.5 Å². The van der Waals surface area contributed by atoms with Crippen LogP contribution in [0.1, 0.15) is 96.6 Å². The number of hydrogen-bond acceptors (Lipinski definition) is 3. The maximum atomic E-state index is 13.4. The molecule has 4 heteroatoms. The van der Waals surface area contributed by atoms with Crippen LogP contribution in [0.2, 0.25) is 0 Å². The Morgan fingerprint density at radius 3 is 1.95 bits per heavy atom. The maximum absolute atomic E-state index is 13.4. The molecule has 3 nitrogen and oxygen atoms in total. The van der Waals surface area contributed by atoms with Crippen molar-refractivity contribution in [2.75, 3.05) is 7.11 Å². The van der Waals surface area contributed by atoms with Crippen molar-refractivity contribution in [1.82, 2.24) is 0 Å². The topological polar surface area (TPSA) is 38.7 Å². The van der Waals surface area contributed by atoms with Crippen molar-refractivity contribution in [2.24, 2.45) is 4.99 Å². The molecule has 0 bridgehead atoms. The van der Waals surface area contributed by atoms with Crippen molar-refractivity contribution in [3.8, 4) is 0 Å². The van der Waals surface area contributed by atoms with E-state index in [0.717, 1.165) is 23.3 Å². The number of rotatable bonds is 7. The van der Waals surface area contributed by atoms with E-state index in [-0.39, 0.29) is 11.6 Å². The molecule has 0 saturated heterocycles. The molecule has 0 radical (unpaired) electrons. The molecule has 2 rings (SSSR count). The monoisotopic (exact) mass is 537 g/mol. The van der Waals surface area contributed by atoms with Gasteiger partial charge in [-0.2, -0.15) is 0 Å². The van der Waals surface area contributed by atoms with E-state index in [4.69, 9.17) is 4.74 Å². The van der Waals surface area contributed by atoms with Crippen molar-refractivity contribution in [3.05, 3.63) is 99.7 Å². The molecule has 0 aliphatic carbocycles. The Labute approximate surface area is 238 Å². The Morgan fingerprint density at radius 1 is 0.897 bits per heavy atom. The molecule has 0 saturated carbocycles. The molecule has 39 heavy (non-hydrogen) atoms. The second kappa shape index (κ2) is 21.6. The number of ketones is 1. The predicted octanol–water partition coefficient (Wildman–Crippen LogP) is 10.3. The minimum absolute atomic E-state index is 0.133. The minimum Gasteiger partial charge on any atom is -0.501 e. The fourth-order valence-electron chi connectivity index (χ4n) is 3.07. The average Bonchev–Trinajstić information content (AvgIpc) is 2.91. The first-order valence-electron chi connectivity index (χ1n) is 13.9. The number of carbonyl (C=O) groups excluding carboxylic acids is 1. The third kappa shape index (κ3) is 15.7. The molecule has 0 atom stereocenters. The molecule has 0 heterocycles. The summed E-state index contributed by atoms with van der Waals surface area (Å²) in [7, 11) is 1.60. The summed E-state index contributed by atoms with van der Waals surface area (Å²) in [6, 6.07) is 11.4. The summed E-state index contributed by atoms with van der Waals surface area (Å²) in [5.74, 6) is 0.379. The van der Waals surface area contributed by atoms with Crippen LogP contribution in [0.4, 0.5) is 4.39 Å². The van der Waals surface area contributed by atoms with Crippen molar-refractivity contribution < 1.29 is 13.9 Å². The van der Waals surface area contributed by atoms with Gasteiger partial charge >= 0.3 is 0 Å². The highest BCUT2D eigenvalue weighted by molar-refractivity contribution is 6.05. The Bertz CT molecular complexity index is 1140. The number of aliphatic imine (C=N–C) groups is 1. The summed E-state index contributed by atoms with van der Waals surface area (Å²) in [6.07, 6.45) is 7.81. The molecule has 0 N–H and O–H groups in total. The van der Waals surface area contributed by atoms with E-state index in [9.17, 15) is 9.18 Å². The fourth-order valence-corrected chi connectivity index (χ4v) is 3.07. The Hall–Kier alpha value is -3.27. The summed E-state index contributed by atoms with van der Waals surface area (Å²) in [5, 5.41) is 0. The van der Waals surface area contributed by atoms with Crippen LogP contribution in [-0.2, 0) is 16.0 Å². The molecule has 216 valence electrons. The highest BCUT2D eigenvalue weighted by Gasteiger charge is 2.10. The molecule has 0 unspecified atom stereocenters. The first kappa shape index (κ1) is 37.9. The molecule has 2 aromatic rings. The summed E-state index contributed by atoms with van der Waals surface area (Å²) in [4.78, 5) is 16.4. The van der Waals surface area contributed by atoms with E-state index in [1.807, 2.05) is 46.8 Å². The quantitative estimate of drug-likeness (QED) is 0.152. The Kier molecular flexibility index (Phi) is 21.0. The van der Waals surface area contributed by atoms with E-state index in [0.29, 0.717) is 17.0 Å². The zero-order chi connectivity index (χ0) is 30.5. The number of hydrogen-bond donors (Lipinski definition) is 0. The van der Waals surface area contributed by atoms with Crippen LogP contribution >= 0.6 is 0 Å². The average molecular weight is 538 g/mol. The van der Waals surface area contributed by atoms with Gasteiger partial charge in [0.05, 0.1) is 12.9 Å². The minimum atomic E-state index is -0.265. The standard InChI is InChI=1S/C20H24FNO2.C10H14.C3H8.C2H6/c1-13-12-18(10-11-19(13)21)16(4)20(17(5)23)22-14(2)8-7-9-15(3)24-6;1-4-10-6-5-8(2)9(3)7-10;1-3-2;1-2/h7-12H,1-6H3;5-7H,4H2,1-3H3;3H2,1-2H3;1-2H3/b8-7-,15-9+,20-16+,22-14+;;;. The van der Waals surface area contributed by atoms with Crippen LogP contribution in [0.3, 0.4) is 0 Å². The van der Waals surface area contributed by atoms with Crippen molar-refractivity contribution in [2.45, 2.75) is 95.9 Å². The van der Waals surface area contributed by atoms with E-state index in [1.165, 1.54) is 36.1 Å². The highest BCUT2D eigenvalue weighted by atomic mass is 19.1. The van der Waals surface area contributed by atoms with E-state index in [1.54, 1.807) is 32.2 Å². The zero-order valence-electron chi connectivity index (χ0n) is 26.8. The van der Waals surface area contributed by atoms with Gasteiger partial charge in [0.2, 0.25) is 0 Å². The lowest BCUT2D eigenvalue weighted by molar-refractivity contribution is -0.113. The molecule has 0 aliphatic heterocycles. The van der Waals surface area contributed by atoms with Gasteiger partial charge < -0.3 is 4.74 Å². The number of nitrogens with zero attached hydrogens (tertiary/aromatic N) is 1. The van der Waals surface area contributed by atoms with Crippen molar-refractivity contribution >= 4 is 17.1 Å². The summed E-state index contributed by atoms with van der Waals surface area (Å²) in [5.41, 5.74) is 7.33. The van der Waals surface area contributed by atoms with Crippen molar-refractivity contribution in [1.29, 1.82) is 0 Å². The van der Waals surface area contributed by atoms with Crippen LogP contribution < -0.4 is 0 Å². The van der Waals surface area contributed by atoms with Gasteiger partial charge in [-0.1, -0.05) is 71.4 Å². The van der Waals surface area contributed by atoms with E-state index >= 15 is 0 Å². The smallest absolute Gasteiger partial charge is 0.178 e. The SMILES string of the molecule is CC.CCC.CCc1ccc(C)c(C)c1.CO/C(C)=C/C=C\C(C)=N\C(C(C)=O)=C(/C)c1ccc(F)c(C)c1. The van der Waals surface area contributed by atoms with Crippen molar-refractivity contribution in [3.63, 3.8) is 0 Å². The Morgan fingerprint density at radius 2 is 1.49 bits per heavy atom. The first-order valence-corrected chi connectivity index (χ1v) is 13.9. The number of allylic oxidation sites excluding steroid dienone is 6. The van der Waals surface area contributed by atoms with Crippen LogP contribution in [0.25, 0.3) is 5.57 Å². The Balaban J connectivity index is 0. The molecule has 0 aromatic heterocycles. The highest BCUT2D eigenvalue weighted by Crippen LogP contribution is 2.22. The van der Waals surface area contributed by atoms with Gasteiger partial charge in [-0.05, 0) is 106 Å². The van der Waals surface area contributed by atoms with E-state index < -0.39 is 0 Å². The summed E-state index contributed by atoms with van der Waals surface area (Å²) >= 11 is 0. The normalized spacial score (nSPS) is 11.7. The maximum Gasteiger partial charge on any atom is 0.178 e. The number of methoxy groups -OCH3 is 1. The van der Waals surface area contributed by atoms with Crippen LogP contribution in [-0.4, -0.2) is 18.6 Å². The van der Waals surface area contributed by atoms with Gasteiger partial charge in [0.15, 0.2) is 5.78 Å². The zero-order valence-corrected chi connectivity index (χ0v) is 26.8. The fraction of sp³-hybridized carbons (Fsp3) is 0.429. The van der Waals surface area contributed by atoms with Gasteiger partial charge in [-0.3, -0.25) is 4.79 Å². The van der Waals surface area contributed by atoms with E-state index in [2.05, 4.69) is 57.8 Å². The third-order valence-corrected chi connectivity index (χ3v) is 5.54. The number of ether oxygens (including phenoxy) is 1. The number of carbonyl (C=O) groups is 1. The molecular formula is C35H52FNO2. The lowest BCUT2D eigenvalue weighted by Gasteiger charge is -2.08. The van der Waals surface area contributed by atoms with Gasteiger partial charge in [0.25, 0.3) is 0 Å². The third-order valence-electron chi connectivity index (χ3n) is 5.54. The number of halogens is 1. The molecule has 0 fully saturated rings. The van der Waals surface area contributed by atoms with Gasteiger partial charge in [0, 0.05) is 12.6 Å². The molecule has 0 amide bonds. The van der Waals surface area contributed by atoms with Gasteiger partial charge in [-0.25, -0.2) is 9.38 Å². The van der Waals surface area contributed by atoms with Crippen LogP contribution in [0, 0.1) is 26.6 Å². The summed E-state index contributed by atoms with van der Waals surface area (Å²) in [6.45, 7) is 23.4. The number of benzene rings is 2. The molecular weight excluding hydrogens is 485 g/mol. The number of aryl methyl sites for hydroxylation is 4. The first-order chi connectivity index (χ1) is 18.4. The summed E-state index contributed by atoms with van der Waals surface area (Å²) < 4.78 is 18.5.